The third kappa shape index (κ3) is 5.53. The van der Waals surface area contributed by atoms with Gasteiger partial charge in [0.25, 0.3) is 0 Å². The van der Waals surface area contributed by atoms with Gasteiger partial charge >= 0.3 is 5.97 Å². The van der Waals surface area contributed by atoms with E-state index in [1.807, 2.05) is 37.3 Å². The van der Waals surface area contributed by atoms with Crippen molar-refractivity contribution < 1.29 is 24.2 Å². The second-order valence-electron chi connectivity index (χ2n) is 7.66. The second kappa shape index (κ2) is 9.37. The van der Waals surface area contributed by atoms with Crippen LogP contribution in [0.2, 0.25) is 5.02 Å². The number of carboxylic acid groups (broad SMARTS) is 1. The molecule has 1 heterocycles. The van der Waals surface area contributed by atoms with E-state index in [2.05, 4.69) is 21.2 Å². The van der Waals surface area contributed by atoms with E-state index in [1.54, 1.807) is 12.1 Å². The molecule has 0 bridgehead atoms. The van der Waals surface area contributed by atoms with Crippen LogP contribution in [0.1, 0.15) is 50.0 Å². The summed E-state index contributed by atoms with van der Waals surface area (Å²) in [5.74, 6) is -0.775. The molecule has 0 aliphatic carbocycles. The van der Waals surface area contributed by atoms with Crippen LogP contribution in [0.3, 0.4) is 0 Å². The first-order chi connectivity index (χ1) is 14.2. The summed E-state index contributed by atoms with van der Waals surface area (Å²) in [6.45, 7) is 3.00. The first kappa shape index (κ1) is 22.6. The number of carboxylic acids is 1. The van der Waals surface area contributed by atoms with Crippen LogP contribution in [0.25, 0.3) is 0 Å². The molecule has 1 saturated heterocycles. The van der Waals surface area contributed by atoms with Crippen LogP contribution in [0.5, 0.6) is 5.75 Å². The van der Waals surface area contributed by atoms with Gasteiger partial charge in [-0.2, -0.15) is 0 Å². The number of carbonyl (C=O) groups excluding carboxylic acids is 1. The molecular weight excluding hydrogens is 474 g/mol. The highest BCUT2D eigenvalue weighted by Gasteiger charge is 2.41. The maximum Gasteiger partial charge on any atom is 0.341 e. The smallest absolute Gasteiger partial charge is 0.341 e. The Hall–Kier alpha value is -2.09. The Morgan fingerprint density at radius 3 is 2.63 bits per heavy atom. The summed E-state index contributed by atoms with van der Waals surface area (Å²) in [7, 11) is 0. The van der Waals surface area contributed by atoms with Crippen LogP contribution in [0.4, 0.5) is 0 Å². The summed E-state index contributed by atoms with van der Waals surface area (Å²) in [5, 5.41) is 12.7. The molecule has 1 aliphatic heterocycles. The molecule has 30 heavy (non-hydrogen) atoms. The van der Waals surface area contributed by atoms with Gasteiger partial charge in [0.05, 0.1) is 16.7 Å². The number of amides is 1. The van der Waals surface area contributed by atoms with Gasteiger partial charge in [0.15, 0.2) is 6.61 Å². The minimum absolute atomic E-state index is 0.125. The fraction of sp³-hybridized carbons (Fsp3) is 0.364. The minimum Gasteiger partial charge on any atom is -0.480 e. The molecular formula is C22H23BrClNO5. The number of hydrogen-bond acceptors (Lipinski definition) is 4. The van der Waals surface area contributed by atoms with Crippen molar-refractivity contribution in [2.75, 3.05) is 6.61 Å². The van der Waals surface area contributed by atoms with Crippen molar-refractivity contribution in [3.05, 3.63) is 63.1 Å². The summed E-state index contributed by atoms with van der Waals surface area (Å²) in [5.41, 5.74) is 1.09. The predicted octanol–water partition coefficient (Wildman–Crippen LogP) is 5.05. The number of nitrogens with one attached hydrogen (secondary N) is 1. The number of carbonyl (C=O) groups is 2. The normalized spacial score (nSPS) is 23.6. The van der Waals surface area contributed by atoms with E-state index in [4.69, 9.17) is 26.2 Å². The highest BCUT2D eigenvalue weighted by molar-refractivity contribution is 9.10. The van der Waals surface area contributed by atoms with E-state index in [-0.39, 0.29) is 12.0 Å². The fourth-order valence-corrected chi connectivity index (χ4v) is 4.57. The number of benzene rings is 2. The first-order valence-corrected chi connectivity index (χ1v) is 10.7. The van der Waals surface area contributed by atoms with Crippen molar-refractivity contribution in [3.8, 4) is 5.75 Å². The molecule has 160 valence electrons. The Balaban J connectivity index is 2.00. The lowest BCUT2D eigenvalue weighted by molar-refractivity contribution is -0.139. The van der Waals surface area contributed by atoms with Crippen LogP contribution in [-0.2, 0) is 14.3 Å². The lowest BCUT2D eigenvalue weighted by Gasteiger charge is -2.43. The lowest BCUT2D eigenvalue weighted by atomic mass is 9.81. The van der Waals surface area contributed by atoms with Gasteiger partial charge in [0.2, 0.25) is 5.91 Å². The van der Waals surface area contributed by atoms with E-state index in [0.717, 1.165) is 5.56 Å². The van der Waals surface area contributed by atoms with Gasteiger partial charge in [-0.1, -0.05) is 35.9 Å². The standard InChI is InChI=1S/C22H23BrClNO5/c1-13(26)25-22(2)10-18(14-5-3-6-15(24)9-14)30-19(11-22)16-7-4-8-17(23)21(16)29-12-20(27)28/h3-9,18-19H,10-12H2,1-2H3,(H,25,26)(H,27,28)/t18-,19+,22+/m0/s1. The van der Waals surface area contributed by atoms with E-state index in [9.17, 15) is 9.59 Å². The van der Waals surface area contributed by atoms with E-state index < -0.39 is 24.2 Å². The molecule has 3 atom stereocenters. The van der Waals surface area contributed by atoms with Crippen molar-refractivity contribution in [2.24, 2.45) is 0 Å². The van der Waals surface area contributed by atoms with Gasteiger partial charge in [-0.25, -0.2) is 4.79 Å². The molecule has 0 unspecified atom stereocenters. The molecule has 0 aromatic heterocycles. The highest BCUT2D eigenvalue weighted by Crippen LogP contribution is 2.47. The molecule has 0 radical (unpaired) electrons. The largest absolute Gasteiger partial charge is 0.480 e. The molecule has 2 aromatic rings. The predicted molar refractivity (Wildman–Crippen MR) is 117 cm³/mol. The molecule has 3 rings (SSSR count). The van der Waals surface area contributed by atoms with Gasteiger partial charge in [-0.15, -0.1) is 0 Å². The van der Waals surface area contributed by atoms with Gasteiger partial charge in [-0.05, 0) is 46.6 Å². The average Bonchev–Trinajstić information content (AvgIpc) is 2.65. The number of rotatable bonds is 6. The Kier molecular flexibility index (Phi) is 7.06. The minimum atomic E-state index is -1.07. The zero-order chi connectivity index (χ0) is 21.9. The van der Waals surface area contributed by atoms with E-state index in [0.29, 0.717) is 33.6 Å². The number of aliphatic carboxylic acids is 1. The Morgan fingerprint density at radius 1 is 1.27 bits per heavy atom. The van der Waals surface area contributed by atoms with Crippen molar-refractivity contribution in [2.45, 2.75) is 44.4 Å². The summed E-state index contributed by atoms with van der Waals surface area (Å²) in [6, 6.07) is 12.9. The van der Waals surface area contributed by atoms with Gasteiger partial charge in [0, 0.05) is 35.9 Å². The second-order valence-corrected chi connectivity index (χ2v) is 8.95. The number of halogens is 2. The molecule has 1 aliphatic rings. The zero-order valence-corrected chi connectivity index (χ0v) is 19.0. The first-order valence-electron chi connectivity index (χ1n) is 9.49. The Morgan fingerprint density at radius 2 is 1.97 bits per heavy atom. The lowest BCUT2D eigenvalue weighted by Crippen LogP contribution is -2.50. The molecule has 1 amide bonds. The summed E-state index contributed by atoms with van der Waals surface area (Å²) >= 11 is 9.62. The molecule has 2 N–H and O–H groups in total. The van der Waals surface area contributed by atoms with Crippen LogP contribution in [0, 0.1) is 0 Å². The van der Waals surface area contributed by atoms with Crippen LogP contribution >= 0.6 is 27.5 Å². The van der Waals surface area contributed by atoms with Crippen LogP contribution < -0.4 is 10.1 Å². The fourth-order valence-electron chi connectivity index (χ4n) is 3.88. The molecule has 8 heteroatoms. The Labute approximate surface area is 188 Å². The average molecular weight is 497 g/mol. The van der Waals surface area contributed by atoms with Crippen LogP contribution in [-0.4, -0.2) is 29.1 Å². The summed E-state index contributed by atoms with van der Waals surface area (Å²) in [6.07, 6.45) is 0.332. The third-order valence-corrected chi connectivity index (χ3v) is 5.84. The van der Waals surface area contributed by atoms with Crippen molar-refractivity contribution >= 4 is 39.4 Å². The van der Waals surface area contributed by atoms with E-state index >= 15 is 0 Å². The Bertz CT molecular complexity index is 953. The van der Waals surface area contributed by atoms with Crippen molar-refractivity contribution in [1.82, 2.24) is 5.32 Å². The summed E-state index contributed by atoms with van der Waals surface area (Å²) in [4.78, 5) is 22.9. The molecule has 2 aromatic carbocycles. The molecule has 1 fully saturated rings. The van der Waals surface area contributed by atoms with Crippen molar-refractivity contribution in [3.63, 3.8) is 0 Å². The molecule has 6 nitrogen and oxygen atoms in total. The number of hydrogen-bond donors (Lipinski definition) is 2. The SMILES string of the molecule is CC(=O)N[C@]1(C)C[C@@H](c2cccc(Cl)c2)O[C@@H](c2cccc(Br)c2OCC(=O)O)C1. The third-order valence-electron chi connectivity index (χ3n) is 4.98. The van der Waals surface area contributed by atoms with Gasteiger partial charge in [0.1, 0.15) is 5.75 Å². The zero-order valence-electron chi connectivity index (χ0n) is 16.7. The molecule has 0 saturated carbocycles. The summed E-state index contributed by atoms with van der Waals surface area (Å²) < 4.78 is 12.6. The maximum atomic E-state index is 11.9. The highest BCUT2D eigenvalue weighted by atomic mass is 79.9. The monoisotopic (exact) mass is 495 g/mol. The van der Waals surface area contributed by atoms with Gasteiger partial charge in [-0.3, -0.25) is 4.79 Å². The van der Waals surface area contributed by atoms with E-state index in [1.165, 1.54) is 6.92 Å². The number of ether oxygens (including phenoxy) is 2. The van der Waals surface area contributed by atoms with Crippen LogP contribution in [0.15, 0.2) is 46.9 Å². The molecule has 0 spiro atoms. The quantitative estimate of drug-likeness (QED) is 0.584. The van der Waals surface area contributed by atoms with Gasteiger partial charge < -0.3 is 19.9 Å². The maximum absolute atomic E-state index is 11.9. The number of para-hydroxylation sites is 1. The topological polar surface area (TPSA) is 84.9 Å². The van der Waals surface area contributed by atoms with Crippen molar-refractivity contribution in [1.29, 1.82) is 0 Å².